The molecular weight excluding hydrogens is 396 g/mol. The second-order valence-electron chi connectivity index (χ2n) is 8.57. The Bertz CT molecular complexity index is 1050. The number of nitrogens with zero attached hydrogens (tertiary/aromatic N) is 2. The van der Waals surface area contributed by atoms with Gasteiger partial charge in [0.1, 0.15) is 11.4 Å². The fourth-order valence-corrected chi connectivity index (χ4v) is 3.88. The van der Waals surface area contributed by atoms with E-state index >= 15 is 0 Å². The first kappa shape index (κ1) is 22.3. The summed E-state index contributed by atoms with van der Waals surface area (Å²) >= 11 is 0. The normalized spacial score (nSPS) is 14.5. The van der Waals surface area contributed by atoms with Crippen molar-refractivity contribution in [3.8, 4) is 17.0 Å². The average Bonchev–Trinajstić information content (AvgIpc) is 3.06. The number of carboxylic acids is 2. The SMILES string of the molecule is CC1=NCCn2c1cc1c2-c2ccc(OC(C)(C)C)cc2CC1.O=C(O)/C=C/C(=O)O. The third-order valence-corrected chi connectivity index (χ3v) is 5.01. The van der Waals surface area contributed by atoms with Crippen molar-refractivity contribution in [3.05, 3.63) is 53.2 Å². The summed E-state index contributed by atoms with van der Waals surface area (Å²) < 4.78 is 8.50. The minimum absolute atomic E-state index is 0.157. The lowest BCUT2D eigenvalue weighted by Gasteiger charge is -2.25. The van der Waals surface area contributed by atoms with Crippen LogP contribution in [0.25, 0.3) is 11.3 Å². The lowest BCUT2D eigenvalue weighted by atomic mass is 9.90. The van der Waals surface area contributed by atoms with Crippen LogP contribution >= 0.6 is 0 Å². The standard InChI is InChI=1S/C20H24N2O.C4H4O4/c1-13-18-12-15-6-5-14-11-16(23-20(2,3)4)7-8-17(14)19(15)22(18)10-9-21-13;5-3(6)1-2-4(7)8/h7-8,11-12H,5-6,9-10H2,1-4H3;1-2H,(H,5,6)(H,7,8)/b;2-1+. The van der Waals surface area contributed by atoms with Gasteiger partial charge in [-0.2, -0.15) is 0 Å². The molecule has 0 spiro atoms. The predicted octanol–water partition coefficient (Wildman–Crippen LogP) is 3.97. The Morgan fingerprint density at radius 2 is 1.71 bits per heavy atom. The molecule has 1 aliphatic carbocycles. The van der Waals surface area contributed by atoms with Gasteiger partial charge < -0.3 is 19.5 Å². The summed E-state index contributed by atoms with van der Waals surface area (Å²) in [5, 5.41) is 15.6. The highest BCUT2D eigenvalue weighted by Gasteiger charge is 2.25. The number of aryl methyl sites for hydroxylation is 2. The zero-order valence-electron chi connectivity index (χ0n) is 18.3. The molecular formula is C24H28N2O5. The first-order valence-corrected chi connectivity index (χ1v) is 10.3. The van der Waals surface area contributed by atoms with Crippen LogP contribution < -0.4 is 4.74 Å². The van der Waals surface area contributed by atoms with Gasteiger partial charge in [0.2, 0.25) is 0 Å². The number of benzene rings is 1. The number of hydrogen-bond donors (Lipinski definition) is 2. The van der Waals surface area contributed by atoms with E-state index < -0.39 is 11.9 Å². The second kappa shape index (κ2) is 8.79. The van der Waals surface area contributed by atoms with Crippen molar-refractivity contribution in [1.29, 1.82) is 0 Å². The van der Waals surface area contributed by atoms with Gasteiger partial charge in [0.05, 0.1) is 23.6 Å². The molecule has 0 atom stereocenters. The molecule has 7 heteroatoms. The Morgan fingerprint density at radius 1 is 1.06 bits per heavy atom. The summed E-state index contributed by atoms with van der Waals surface area (Å²) in [5.74, 6) is -1.54. The molecule has 2 aliphatic rings. The minimum atomic E-state index is -1.26. The summed E-state index contributed by atoms with van der Waals surface area (Å²) in [6.07, 6.45) is 3.31. The zero-order chi connectivity index (χ0) is 22.8. The van der Waals surface area contributed by atoms with E-state index in [0.29, 0.717) is 12.2 Å². The third kappa shape index (κ3) is 5.42. The third-order valence-electron chi connectivity index (χ3n) is 5.01. The molecule has 7 nitrogen and oxygen atoms in total. The van der Waals surface area contributed by atoms with Gasteiger partial charge in [0.15, 0.2) is 0 Å². The highest BCUT2D eigenvalue weighted by Crippen LogP contribution is 2.38. The topological polar surface area (TPSA) is 101 Å². The Kier molecular flexibility index (Phi) is 6.34. The number of carbonyl (C=O) groups is 2. The highest BCUT2D eigenvalue weighted by atomic mass is 16.5. The van der Waals surface area contributed by atoms with E-state index in [1.54, 1.807) is 0 Å². The molecule has 0 amide bonds. The van der Waals surface area contributed by atoms with E-state index in [2.05, 4.69) is 61.5 Å². The van der Waals surface area contributed by atoms with Gasteiger partial charge in [-0.25, -0.2) is 9.59 Å². The molecule has 31 heavy (non-hydrogen) atoms. The summed E-state index contributed by atoms with van der Waals surface area (Å²) in [7, 11) is 0. The number of aliphatic carboxylic acids is 2. The Balaban J connectivity index is 0.000000293. The number of fused-ring (bicyclic) bond motifs is 5. The number of ether oxygens (including phenoxy) is 1. The maximum absolute atomic E-state index is 9.55. The van der Waals surface area contributed by atoms with Crippen molar-refractivity contribution in [2.24, 2.45) is 4.99 Å². The van der Waals surface area contributed by atoms with E-state index in [9.17, 15) is 9.59 Å². The van der Waals surface area contributed by atoms with Crippen molar-refractivity contribution in [3.63, 3.8) is 0 Å². The van der Waals surface area contributed by atoms with Gasteiger partial charge >= 0.3 is 11.9 Å². The largest absolute Gasteiger partial charge is 0.488 e. The molecule has 0 radical (unpaired) electrons. The molecule has 0 fully saturated rings. The molecule has 4 rings (SSSR count). The summed E-state index contributed by atoms with van der Waals surface area (Å²) in [5.41, 5.74) is 7.94. The molecule has 2 heterocycles. The van der Waals surface area contributed by atoms with Crippen molar-refractivity contribution in [2.75, 3.05) is 6.54 Å². The molecule has 164 valence electrons. The van der Waals surface area contributed by atoms with Crippen LogP contribution in [0.5, 0.6) is 5.75 Å². The van der Waals surface area contributed by atoms with Crippen LogP contribution in [0.2, 0.25) is 0 Å². The van der Waals surface area contributed by atoms with E-state index in [1.165, 1.54) is 33.8 Å². The van der Waals surface area contributed by atoms with E-state index in [-0.39, 0.29) is 5.60 Å². The predicted molar refractivity (Wildman–Crippen MR) is 119 cm³/mol. The van der Waals surface area contributed by atoms with Crippen LogP contribution in [0.4, 0.5) is 0 Å². The molecule has 1 aliphatic heterocycles. The Labute approximate surface area is 181 Å². The van der Waals surface area contributed by atoms with Crippen LogP contribution in [0.1, 0.15) is 44.5 Å². The fraction of sp³-hybridized carbons (Fsp3) is 0.375. The van der Waals surface area contributed by atoms with Crippen molar-refractivity contribution in [2.45, 2.75) is 52.7 Å². The van der Waals surface area contributed by atoms with E-state index in [1.807, 2.05) is 0 Å². The number of aliphatic imine (C=N–C) groups is 1. The lowest BCUT2D eigenvalue weighted by Crippen LogP contribution is -2.23. The summed E-state index contributed by atoms with van der Waals surface area (Å²) in [6, 6.07) is 8.93. The smallest absolute Gasteiger partial charge is 0.328 e. The number of hydrogen-bond acceptors (Lipinski definition) is 4. The van der Waals surface area contributed by atoms with E-state index in [0.717, 1.165) is 31.7 Å². The van der Waals surface area contributed by atoms with Gasteiger partial charge in [-0.3, -0.25) is 4.99 Å². The fourth-order valence-electron chi connectivity index (χ4n) is 3.88. The van der Waals surface area contributed by atoms with Crippen molar-refractivity contribution in [1.82, 2.24) is 4.57 Å². The number of rotatable bonds is 3. The van der Waals surface area contributed by atoms with Gasteiger partial charge in [-0.15, -0.1) is 0 Å². The van der Waals surface area contributed by atoms with Gasteiger partial charge in [-0.1, -0.05) is 0 Å². The maximum Gasteiger partial charge on any atom is 0.328 e. The van der Waals surface area contributed by atoms with Crippen LogP contribution in [0.15, 0.2) is 41.4 Å². The van der Waals surface area contributed by atoms with Gasteiger partial charge in [0, 0.05) is 24.3 Å². The quantitative estimate of drug-likeness (QED) is 0.726. The summed E-state index contributed by atoms with van der Waals surface area (Å²) in [6.45, 7) is 10.3. The van der Waals surface area contributed by atoms with Gasteiger partial charge in [-0.05, 0) is 75.9 Å². The summed E-state index contributed by atoms with van der Waals surface area (Å²) in [4.78, 5) is 23.7. The molecule has 2 aromatic rings. The minimum Gasteiger partial charge on any atom is -0.488 e. The van der Waals surface area contributed by atoms with Crippen LogP contribution in [0, 0.1) is 0 Å². The molecule has 0 saturated heterocycles. The zero-order valence-corrected chi connectivity index (χ0v) is 18.3. The van der Waals surface area contributed by atoms with Gasteiger partial charge in [0.25, 0.3) is 0 Å². The molecule has 1 aromatic carbocycles. The van der Waals surface area contributed by atoms with Crippen molar-refractivity contribution >= 4 is 17.7 Å². The lowest BCUT2D eigenvalue weighted by molar-refractivity contribution is -0.134. The highest BCUT2D eigenvalue weighted by molar-refractivity contribution is 5.99. The second-order valence-corrected chi connectivity index (χ2v) is 8.57. The molecule has 0 saturated carbocycles. The van der Waals surface area contributed by atoms with Crippen molar-refractivity contribution < 1.29 is 24.5 Å². The Morgan fingerprint density at radius 3 is 2.32 bits per heavy atom. The molecule has 2 N–H and O–H groups in total. The first-order valence-electron chi connectivity index (χ1n) is 10.3. The van der Waals surface area contributed by atoms with Crippen LogP contribution in [0.3, 0.4) is 0 Å². The Hall–Kier alpha value is -3.35. The van der Waals surface area contributed by atoms with Crippen LogP contribution in [-0.2, 0) is 29.0 Å². The molecule has 0 unspecified atom stereocenters. The number of carboxylic acid groups (broad SMARTS) is 2. The monoisotopic (exact) mass is 424 g/mol. The van der Waals surface area contributed by atoms with E-state index in [4.69, 9.17) is 14.9 Å². The molecule has 1 aromatic heterocycles. The number of aromatic nitrogens is 1. The van der Waals surface area contributed by atoms with Crippen LogP contribution in [-0.4, -0.2) is 44.6 Å². The average molecular weight is 424 g/mol. The molecule has 0 bridgehead atoms. The first-order chi connectivity index (χ1) is 14.5. The maximum atomic E-state index is 9.55.